The molecule has 2 nitrogen and oxygen atoms in total. The molecule has 0 radical (unpaired) electrons. The zero-order chi connectivity index (χ0) is 15.2. The van der Waals surface area contributed by atoms with Crippen molar-refractivity contribution in [3.8, 4) is 0 Å². The van der Waals surface area contributed by atoms with Crippen molar-refractivity contribution in [2.75, 3.05) is 13.1 Å². The average Bonchev–Trinajstić information content (AvgIpc) is 2.69. The summed E-state index contributed by atoms with van der Waals surface area (Å²) in [6.45, 7) is 12.2. The summed E-state index contributed by atoms with van der Waals surface area (Å²) in [4.78, 5) is 2.93. The quantitative estimate of drug-likeness (QED) is 0.806. The first kappa shape index (κ1) is 17.3. The molecule has 1 N–H and O–H groups in total. The minimum absolute atomic E-state index is 0.718. The predicted molar refractivity (Wildman–Crippen MR) is 92.7 cm³/mol. The molecule has 2 heteroatoms. The number of nitrogens with one attached hydrogen (secondary N) is 1. The second-order valence-corrected chi connectivity index (χ2v) is 7.75. The minimum atomic E-state index is 0.718. The van der Waals surface area contributed by atoms with Gasteiger partial charge in [0.05, 0.1) is 0 Å². The van der Waals surface area contributed by atoms with Crippen LogP contribution in [0.3, 0.4) is 0 Å². The molecular formula is C19H38N2. The Morgan fingerprint density at radius 3 is 2.57 bits per heavy atom. The first-order valence-electron chi connectivity index (χ1n) is 9.66. The molecule has 0 aromatic heterocycles. The van der Waals surface area contributed by atoms with E-state index in [-0.39, 0.29) is 0 Å². The standard InChI is InChI=1S/C19H38N2/c1-5-11-20-18-14-15(3)13-16(4)19(18)21-12-9-7-8-10-17(21)6-2/h15-20H,5-14H2,1-4H3. The van der Waals surface area contributed by atoms with E-state index >= 15 is 0 Å². The molecule has 0 aromatic carbocycles. The maximum absolute atomic E-state index is 3.90. The molecule has 5 atom stereocenters. The van der Waals surface area contributed by atoms with Crippen molar-refractivity contribution in [3.63, 3.8) is 0 Å². The third-order valence-corrected chi connectivity index (χ3v) is 5.86. The Morgan fingerprint density at radius 2 is 1.86 bits per heavy atom. The van der Waals surface area contributed by atoms with Crippen molar-refractivity contribution in [2.45, 2.75) is 97.2 Å². The van der Waals surface area contributed by atoms with E-state index in [1.165, 1.54) is 64.5 Å². The SMILES string of the molecule is CCCNC1CC(C)CC(C)C1N1CCCCCC1CC. The normalized spacial score (nSPS) is 39.1. The molecule has 1 aliphatic heterocycles. The van der Waals surface area contributed by atoms with Gasteiger partial charge in [-0.1, -0.05) is 40.5 Å². The van der Waals surface area contributed by atoms with Crippen molar-refractivity contribution < 1.29 is 0 Å². The Bertz CT molecular complexity index is 291. The van der Waals surface area contributed by atoms with Crippen LogP contribution in [-0.2, 0) is 0 Å². The summed E-state index contributed by atoms with van der Waals surface area (Å²) >= 11 is 0. The molecule has 1 aliphatic carbocycles. The molecule has 0 bridgehead atoms. The summed E-state index contributed by atoms with van der Waals surface area (Å²) in [6.07, 6.45) is 11.1. The fourth-order valence-corrected chi connectivity index (χ4v) is 4.96. The molecule has 2 aliphatic rings. The van der Waals surface area contributed by atoms with Gasteiger partial charge in [-0.05, 0) is 63.5 Å². The van der Waals surface area contributed by atoms with Crippen LogP contribution in [0, 0.1) is 11.8 Å². The number of nitrogens with zero attached hydrogens (tertiary/aromatic N) is 1. The number of hydrogen-bond acceptors (Lipinski definition) is 2. The molecule has 21 heavy (non-hydrogen) atoms. The fourth-order valence-electron chi connectivity index (χ4n) is 4.96. The van der Waals surface area contributed by atoms with Crippen LogP contribution in [0.2, 0.25) is 0 Å². The van der Waals surface area contributed by atoms with Gasteiger partial charge in [-0.15, -0.1) is 0 Å². The van der Waals surface area contributed by atoms with E-state index < -0.39 is 0 Å². The third-order valence-electron chi connectivity index (χ3n) is 5.86. The van der Waals surface area contributed by atoms with Crippen LogP contribution >= 0.6 is 0 Å². The van der Waals surface area contributed by atoms with Crippen LogP contribution in [0.5, 0.6) is 0 Å². The summed E-state index contributed by atoms with van der Waals surface area (Å²) in [5.41, 5.74) is 0. The second kappa shape index (κ2) is 8.53. The molecule has 0 aromatic rings. The summed E-state index contributed by atoms with van der Waals surface area (Å²) < 4.78 is 0. The van der Waals surface area contributed by atoms with Crippen LogP contribution in [0.4, 0.5) is 0 Å². The highest BCUT2D eigenvalue weighted by atomic mass is 15.2. The first-order chi connectivity index (χ1) is 10.2. The summed E-state index contributed by atoms with van der Waals surface area (Å²) in [7, 11) is 0. The van der Waals surface area contributed by atoms with Gasteiger partial charge in [0, 0.05) is 18.1 Å². The van der Waals surface area contributed by atoms with Gasteiger partial charge in [0.2, 0.25) is 0 Å². The first-order valence-corrected chi connectivity index (χ1v) is 9.66. The molecule has 2 rings (SSSR count). The Kier molecular flexibility index (Phi) is 7.01. The van der Waals surface area contributed by atoms with Crippen molar-refractivity contribution in [1.82, 2.24) is 10.2 Å². The predicted octanol–water partition coefficient (Wildman–Crippen LogP) is 4.44. The number of likely N-dealkylation sites (tertiary alicyclic amines) is 1. The third kappa shape index (κ3) is 4.45. The van der Waals surface area contributed by atoms with Gasteiger partial charge in [0.1, 0.15) is 0 Å². The summed E-state index contributed by atoms with van der Waals surface area (Å²) in [5.74, 6) is 1.73. The molecule has 1 saturated carbocycles. The van der Waals surface area contributed by atoms with Gasteiger partial charge in [0.15, 0.2) is 0 Å². The van der Waals surface area contributed by atoms with Crippen molar-refractivity contribution in [2.24, 2.45) is 11.8 Å². The van der Waals surface area contributed by atoms with Crippen LogP contribution in [0.25, 0.3) is 0 Å². The number of rotatable bonds is 5. The van der Waals surface area contributed by atoms with Gasteiger partial charge in [-0.25, -0.2) is 0 Å². The summed E-state index contributed by atoms with van der Waals surface area (Å²) in [5, 5.41) is 3.90. The number of hydrogen-bond donors (Lipinski definition) is 1. The minimum Gasteiger partial charge on any atom is -0.312 e. The molecular weight excluding hydrogens is 256 g/mol. The van der Waals surface area contributed by atoms with Crippen molar-refractivity contribution in [3.05, 3.63) is 0 Å². The lowest BCUT2D eigenvalue weighted by atomic mass is 9.75. The molecule has 1 saturated heterocycles. The van der Waals surface area contributed by atoms with Crippen molar-refractivity contribution in [1.29, 1.82) is 0 Å². The van der Waals surface area contributed by atoms with E-state index in [1.54, 1.807) is 0 Å². The van der Waals surface area contributed by atoms with Crippen molar-refractivity contribution >= 4 is 0 Å². The van der Waals surface area contributed by atoms with E-state index in [4.69, 9.17) is 0 Å². The zero-order valence-electron chi connectivity index (χ0n) is 14.9. The Morgan fingerprint density at radius 1 is 1.05 bits per heavy atom. The average molecular weight is 295 g/mol. The summed E-state index contributed by atoms with van der Waals surface area (Å²) in [6, 6.07) is 2.32. The van der Waals surface area contributed by atoms with Gasteiger partial charge < -0.3 is 5.32 Å². The highest BCUT2D eigenvalue weighted by Gasteiger charge is 2.39. The zero-order valence-corrected chi connectivity index (χ0v) is 14.9. The molecule has 1 heterocycles. The van der Waals surface area contributed by atoms with Crippen LogP contribution in [0.1, 0.15) is 79.1 Å². The van der Waals surface area contributed by atoms with E-state index in [0.29, 0.717) is 0 Å². The molecule has 124 valence electrons. The monoisotopic (exact) mass is 294 g/mol. The lowest BCUT2D eigenvalue weighted by Gasteiger charge is -2.48. The van der Waals surface area contributed by atoms with Crippen LogP contribution in [-0.4, -0.2) is 36.1 Å². The fraction of sp³-hybridized carbons (Fsp3) is 1.00. The van der Waals surface area contributed by atoms with E-state index in [9.17, 15) is 0 Å². The second-order valence-electron chi connectivity index (χ2n) is 7.75. The Hall–Kier alpha value is -0.0800. The largest absolute Gasteiger partial charge is 0.312 e. The Labute approximate surface area is 133 Å². The maximum atomic E-state index is 3.90. The van der Waals surface area contributed by atoms with Gasteiger partial charge in [-0.2, -0.15) is 0 Å². The smallest absolute Gasteiger partial charge is 0.0278 e. The van der Waals surface area contributed by atoms with E-state index in [0.717, 1.165) is 30.0 Å². The molecule has 0 amide bonds. The molecule has 0 spiro atoms. The van der Waals surface area contributed by atoms with Crippen LogP contribution in [0.15, 0.2) is 0 Å². The maximum Gasteiger partial charge on any atom is 0.0278 e. The topological polar surface area (TPSA) is 15.3 Å². The molecule has 5 unspecified atom stereocenters. The van der Waals surface area contributed by atoms with Crippen LogP contribution < -0.4 is 5.32 Å². The van der Waals surface area contributed by atoms with Gasteiger partial charge in [0.25, 0.3) is 0 Å². The lowest BCUT2D eigenvalue weighted by molar-refractivity contribution is 0.0302. The molecule has 2 fully saturated rings. The van der Waals surface area contributed by atoms with Gasteiger partial charge in [-0.3, -0.25) is 4.90 Å². The highest BCUT2D eigenvalue weighted by molar-refractivity contribution is 4.96. The Balaban J connectivity index is 2.13. The van der Waals surface area contributed by atoms with E-state index in [2.05, 4.69) is 37.9 Å². The van der Waals surface area contributed by atoms with E-state index in [1.807, 2.05) is 0 Å². The lowest BCUT2D eigenvalue weighted by Crippen LogP contribution is -2.59. The van der Waals surface area contributed by atoms with Gasteiger partial charge >= 0.3 is 0 Å². The highest BCUT2D eigenvalue weighted by Crippen LogP contribution is 2.35.